The van der Waals surface area contributed by atoms with Gasteiger partial charge in [0.15, 0.2) is 0 Å². The Labute approximate surface area is 105 Å². The number of carbonyl (C=O) groups excluding carboxylic acids is 1. The predicted molar refractivity (Wildman–Crippen MR) is 72.7 cm³/mol. The Kier molecular flexibility index (Phi) is 10.3. The van der Waals surface area contributed by atoms with Gasteiger partial charge in [-0.3, -0.25) is 4.79 Å². The van der Waals surface area contributed by atoms with Gasteiger partial charge in [-0.05, 0) is 18.3 Å². The van der Waals surface area contributed by atoms with E-state index in [1.54, 1.807) is 6.08 Å². The third-order valence-corrected chi connectivity index (χ3v) is 3.03. The monoisotopic (exact) mass is 236 g/mol. The van der Waals surface area contributed by atoms with E-state index >= 15 is 0 Å². The summed E-state index contributed by atoms with van der Waals surface area (Å²) in [5.74, 6) is 1.03. The molecule has 0 fully saturated rings. The van der Waals surface area contributed by atoms with E-state index < -0.39 is 0 Å². The van der Waals surface area contributed by atoms with Gasteiger partial charge in [0.25, 0.3) is 6.47 Å². The van der Waals surface area contributed by atoms with Crippen molar-refractivity contribution in [3.8, 4) is 0 Å². The summed E-state index contributed by atoms with van der Waals surface area (Å²) in [5.41, 5.74) is 0. The number of hydrogen-bond acceptors (Lipinski definition) is 2. The molecule has 1 unspecified atom stereocenters. The van der Waals surface area contributed by atoms with Gasteiger partial charge in [0.2, 0.25) is 0 Å². The van der Waals surface area contributed by atoms with Crippen molar-refractivity contribution in [2.75, 3.05) is 6.61 Å². The summed E-state index contributed by atoms with van der Waals surface area (Å²) < 4.78 is 4.91. The molecule has 0 aliphatic rings. The SMILES string of the molecule is C=C/C=C\C=C/CC(COC=O)C(CC)CC. The van der Waals surface area contributed by atoms with Gasteiger partial charge in [0.1, 0.15) is 0 Å². The Morgan fingerprint density at radius 2 is 1.82 bits per heavy atom. The van der Waals surface area contributed by atoms with Crippen molar-refractivity contribution < 1.29 is 9.53 Å². The topological polar surface area (TPSA) is 26.3 Å². The molecule has 96 valence electrons. The van der Waals surface area contributed by atoms with Crippen LogP contribution in [0.3, 0.4) is 0 Å². The summed E-state index contributed by atoms with van der Waals surface area (Å²) in [7, 11) is 0. The molecule has 2 heteroatoms. The Bertz CT molecular complexity index is 250. The second-order valence-corrected chi connectivity index (χ2v) is 4.05. The Morgan fingerprint density at radius 1 is 1.12 bits per heavy atom. The Morgan fingerprint density at radius 3 is 2.35 bits per heavy atom. The van der Waals surface area contributed by atoms with E-state index in [2.05, 4.69) is 26.5 Å². The van der Waals surface area contributed by atoms with Crippen LogP contribution in [0.15, 0.2) is 37.0 Å². The highest BCUT2D eigenvalue weighted by Gasteiger charge is 2.17. The van der Waals surface area contributed by atoms with Gasteiger partial charge in [-0.15, -0.1) is 0 Å². The minimum absolute atomic E-state index is 0.420. The first-order valence-electron chi connectivity index (χ1n) is 6.29. The lowest BCUT2D eigenvalue weighted by molar-refractivity contribution is -0.130. The molecule has 0 N–H and O–H groups in total. The average Bonchev–Trinajstić information content (AvgIpc) is 2.36. The number of rotatable bonds is 10. The van der Waals surface area contributed by atoms with Crippen molar-refractivity contribution in [1.82, 2.24) is 0 Å². The maximum atomic E-state index is 10.3. The molecule has 1 atom stereocenters. The summed E-state index contributed by atoms with van der Waals surface area (Å²) in [6.07, 6.45) is 12.9. The third kappa shape index (κ3) is 7.56. The molecule has 0 amide bonds. The molecule has 0 spiro atoms. The minimum Gasteiger partial charge on any atom is -0.468 e. The molecule has 0 radical (unpaired) electrons. The van der Waals surface area contributed by atoms with E-state index in [1.807, 2.05) is 18.2 Å². The summed E-state index contributed by atoms with van der Waals surface area (Å²) in [4.78, 5) is 10.3. The highest BCUT2D eigenvalue weighted by atomic mass is 16.5. The van der Waals surface area contributed by atoms with E-state index in [0.29, 0.717) is 24.9 Å². The van der Waals surface area contributed by atoms with E-state index in [0.717, 1.165) is 19.3 Å². The zero-order valence-corrected chi connectivity index (χ0v) is 11.0. The van der Waals surface area contributed by atoms with Crippen molar-refractivity contribution in [1.29, 1.82) is 0 Å². The lowest BCUT2D eigenvalue weighted by Crippen LogP contribution is -2.18. The predicted octanol–water partition coefficient (Wildman–Crippen LogP) is 3.90. The summed E-state index contributed by atoms with van der Waals surface area (Å²) in [6, 6.07) is 0. The lowest BCUT2D eigenvalue weighted by Gasteiger charge is -2.22. The number of allylic oxidation sites excluding steroid dienone is 5. The largest absolute Gasteiger partial charge is 0.468 e. The van der Waals surface area contributed by atoms with Gasteiger partial charge in [0, 0.05) is 0 Å². The Balaban J connectivity index is 4.25. The molecule has 17 heavy (non-hydrogen) atoms. The van der Waals surface area contributed by atoms with Crippen molar-refractivity contribution in [3.05, 3.63) is 37.0 Å². The standard InChI is InChI=1S/C15H24O2/c1-4-7-8-9-10-11-15(12-17-13-16)14(5-2)6-3/h4,7-10,13-15H,1,5-6,11-12H2,2-3H3/b8-7-,10-9-. The molecule has 0 aliphatic carbocycles. The van der Waals surface area contributed by atoms with Crippen molar-refractivity contribution in [2.45, 2.75) is 33.1 Å². The summed E-state index contributed by atoms with van der Waals surface area (Å²) in [5, 5.41) is 0. The van der Waals surface area contributed by atoms with Crippen LogP contribution in [0, 0.1) is 11.8 Å². The van der Waals surface area contributed by atoms with Crippen LogP contribution in [0.4, 0.5) is 0 Å². The molecule has 0 aromatic heterocycles. The molecular formula is C15H24O2. The molecule has 0 saturated carbocycles. The molecule has 2 nitrogen and oxygen atoms in total. The number of carbonyl (C=O) groups is 1. The van der Waals surface area contributed by atoms with Crippen LogP contribution in [0.25, 0.3) is 0 Å². The smallest absolute Gasteiger partial charge is 0.293 e. The van der Waals surface area contributed by atoms with Crippen LogP contribution < -0.4 is 0 Å². The van der Waals surface area contributed by atoms with Gasteiger partial charge in [0.05, 0.1) is 6.61 Å². The lowest BCUT2D eigenvalue weighted by atomic mass is 9.86. The van der Waals surface area contributed by atoms with E-state index in [4.69, 9.17) is 4.74 Å². The molecule has 0 aromatic rings. The maximum Gasteiger partial charge on any atom is 0.293 e. The fourth-order valence-corrected chi connectivity index (χ4v) is 1.99. The zero-order chi connectivity index (χ0) is 12.9. The molecule has 0 bridgehead atoms. The fourth-order valence-electron chi connectivity index (χ4n) is 1.99. The molecule has 0 heterocycles. The Hall–Kier alpha value is -1.31. The minimum atomic E-state index is 0.420. The van der Waals surface area contributed by atoms with Crippen LogP contribution >= 0.6 is 0 Å². The summed E-state index contributed by atoms with van der Waals surface area (Å²) in [6.45, 7) is 9.03. The van der Waals surface area contributed by atoms with Crippen LogP contribution in [0.5, 0.6) is 0 Å². The van der Waals surface area contributed by atoms with Gasteiger partial charge in [-0.2, -0.15) is 0 Å². The van der Waals surface area contributed by atoms with Gasteiger partial charge in [-0.25, -0.2) is 0 Å². The molecule has 0 saturated heterocycles. The fraction of sp³-hybridized carbons (Fsp3) is 0.533. The van der Waals surface area contributed by atoms with E-state index in [-0.39, 0.29) is 0 Å². The highest BCUT2D eigenvalue weighted by Crippen LogP contribution is 2.23. The van der Waals surface area contributed by atoms with Crippen LogP contribution in [0.2, 0.25) is 0 Å². The first-order chi connectivity index (χ1) is 8.29. The molecular weight excluding hydrogens is 212 g/mol. The van der Waals surface area contributed by atoms with Gasteiger partial charge < -0.3 is 4.74 Å². The quantitative estimate of drug-likeness (QED) is 0.425. The van der Waals surface area contributed by atoms with E-state index in [1.165, 1.54) is 0 Å². The normalized spacial score (nSPS) is 13.4. The van der Waals surface area contributed by atoms with Crippen LogP contribution in [0.1, 0.15) is 33.1 Å². The molecule has 0 aromatic carbocycles. The van der Waals surface area contributed by atoms with E-state index in [9.17, 15) is 4.79 Å². The number of hydrogen-bond donors (Lipinski definition) is 0. The highest BCUT2D eigenvalue weighted by molar-refractivity contribution is 5.36. The van der Waals surface area contributed by atoms with Crippen molar-refractivity contribution >= 4 is 6.47 Å². The zero-order valence-electron chi connectivity index (χ0n) is 11.0. The second-order valence-electron chi connectivity index (χ2n) is 4.05. The van der Waals surface area contributed by atoms with Crippen molar-refractivity contribution in [3.63, 3.8) is 0 Å². The summed E-state index contributed by atoms with van der Waals surface area (Å²) >= 11 is 0. The average molecular weight is 236 g/mol. The van der Waals surface area contributed by atoms with Crippen molar-refractivity contribution in [2.24, 2.45) is 11.8 Å². The maximum absolute atomic E-state index is 10.3. The third-order valence-electron chi connectivity index (χ3n) is 3.03. The van der Waals surface area contributed by atoms with Crippen LogP contribution in [-0.2, 0) is 9.53 Å². The number of ether oxygens (including phenoxy) is 1. The first-order valence-corrected chi connectivity index (χ1v) is 6.29. The van der Waals surface area contributed by atoms with Gasteiger partial charge >= 0.3 is 0 Å². The molecule has 0 rings (SSSR count). The molecule has 0 aliphatic heterocycles. The second kappa shape index (κ2) is 11.2. The van der Waals surface area contributed by atoms with Crippen LogP contribution in [-0.4, -0.2) is 13.1 Å². The first kappa shape index (κ1) is 15.7. The van der Waals surface area contributed by atoms with Gasteiger partial charge in [-0.1, -0.05) is 63.6 Å².